The topological polar surface area (TPSA) is 68.4 Å². The molecule has 1 aromatic heterocycles. The molecule has 0 saturated heterocycles. The van der Waals surface area contributed by atoms with E-state index < -0.39 is 17.6 Å². The minimum absolute atomic E-state index is 0.00653. The molecule has 0 aliphatic heterocycles. The van der Waals surface area contributed by atoms with Gasteiger partial charge in [-0.2, -0.15) is 0 Å². The summed E-state index contributed by atoms with van der Waals surface area (Å²) in [4.78, 5) is 26.5. The Morgan fingerprint density at radius 1 is 1.35 bits per heavy atom. The average molecular weight is 275 g/mol. The number of aromatic amines is 1. The van der Waals surface area contributed by atoms with Gasteiger partial charge in [0.1, 0.15) is 11.7 Å². The number of rotatable bonds is 5. The molecule has 5 heteroatoms. The van der Waals surface area contributed by atoms with Gasteiger partial charge in [-0.05, 0) is 31.4 Å². The molecule has 0 amide bonds. The summed E-state index contributed by atoms with van der Waals surface area (Å²) in [6, 6.07) is 8.81. The van der Waals surface area contributed by atoms with E-state index in [0.29, 0.717) is 18.7 Å². The van der Waals surface area contributed by atoms with Gasteiger partial charge in [0.25, 0.3) is 5.56 Å². The van der Waals surface area contributed by atoms with Crippen LogP contribution in [0.4, 0.5) is 0 Å². The molecule has 0 fully saturated rings. The molecular formula is C15H17NO4. The molecule has 20 heavy (non-hydrogen) atoms. The number of carbonyl (C=O) groups excluding carboxylic acids is 1. The fourth-order valence-electron chi connectivity index (χ4n) is 1.86. The van der Waals surface area contributed by atoms with Crippen LogP contribution in [-0.4, -0.2) is 30.3 Å². The van der Waals surface area contributed by atoms with E-state index in [9.17, 15) is 9.59 Å². The van der Waals surface area contributed by atoms with E-state index in [0.717, 1.165) is 5.39 Å². The minimum Gasteiger partial charge on any atom is -0.456 e. The number of para-hydroxylation sites is 1. The van der Waals surface area contributed by atoms with Gasteiger partial charge in [-0.3, -0.25) is 4.79 Å². The molecule has 0 aliphatic rings. The van der Waals surface area contributed by atoms with E-state index in [1.165, 1.54) is 0 Å². The average Bonchev–Trinajstić information content (AvgIpc) is 2.44. The number of hydrogen-bond acceptors (Lipinski definition) is 4. The highest BCUT2D eigenvalue weighted by Gasteiger charge is 2.16. The van der Waals surface area contributed by atoms with E-state index in [2.05, 4.69) is 4.98 Å². The predicted octanol–water partition coefficient (Wildman–Crippen LogP) is 2.11. The molecule has 1 N–H and O–H groups in total. The van der Waals surface area contributed by atoms with Crippen LogP contribution in [0.15, 0.2) is 35.1 Å². The molecule has 0 spiro atoms. The SMILES string of the molecule is CCOC[C@H](C)OC(=O)c1cc2ccccc2[nH]c1=O. The van der Waals surface area contributed by atoms with Crippen molar-refractivity contribution in [1.29, 1.82) is 0 Å². The number of benzene rings is 1. The zero-order chi connectivity index (χ0) is 14.5. The van der Waals surface area contributed by atoms with Crippen molar-refractivity contribution in [3.63, 3.8) is 0 Å². The Balaban J connectivity index is 2.21. The van der Waals surface area contributed by atoms with Crippen molar-refractivity contribution in [1.82, 2.24) is 4.98 Å². The van der Waals surface area contributed by atoms with Crippen LogP contribution in [0, 0.1) is 0 Å². The van der Waals surface area contributed by atoms with Gasteiger partial charge < -0.3 is 14.5 Å². The first-order valence-corrected chi connectivity index (χ1v) is 6.52. The van der Waals surface area contributed by atoms with Crippen molar-refractivity contribution in [2.75, 3.05) is 13.2 Å². The minimum atomic E-state index is -0.635. The molecule has 0 aliphatic carbocycles. The third-order valence-corrected chi connectivity index (χ3v) is 2.84. The number of aromatic nitrogens is 1. The van der Waals surface area contributed by atoms with Gasteiger partial charge >= 0.3 is 5.97 Å². The van der Waals surface area contributed by atoms with E-state index in [4.69, 9.17) is 9.47 Å². The van der Waals surface area contributed by atoms with Crippen molar-refractivity contribution in [3.05, 3.63) is 46.2 Å². The van der Waals surface area contributed by atoms with Crippen molar-refractivity contribution in [3.8, 4) is 0 Å². The number of pyridine rings is 1. The van der Waals surface area contributed by atoms with Crippen LogP contribution in [0.25, 0.3) is 10.9 Å². The summed E-state index contributed by atoms with van der Waals surface area (Å²) >= 11 is 0. The van der Waals surface area contributed by atoms with E-state index >= 15 is 0 Å². The Labute approximate surface area is 116 Å². The number of fused-ring (bicyclic) bond motifs is 1. The van der Waals surface area contributed by atoms with Gasteiger partial charge in [-0.15, -0.1) is 0 Å². The van der Waals surface area contributed by atoms with Crippen molar-refractivity contribution >= 4 is 16.9 Å². The highest BCUT2D eigenvalue weighted by molar-refractivity contribution is 5.93. The smallest absolute Gasteiger partial charge is 0.344 e. The summed E-state index contributed by atoms with van der Waals surface area (Å²) in [6.07, 6.45) is -0.395. The van der Waals surface area contributed by atoms with Crippen molar-refractivity contribution < 1.29 is 14.3 Å². The number of hydrogen-bond donors (Lipinski definition) is 1. The Kier molecular flexibility index (Phi) is 4.53. The number of esters is 1. The predicted molar refractivity (Wildman–Crippen MR) is 75.9 cm³/mol. The van der Waals surface area contributed by atoms with Crippen LogP contribution in [-0.2, 0) is 9.47 Å². The second-order valence-electron chi connectivity index (χ2n) is 4.47. The summed E-state index contributed by atoms with van der Waals surface area (Å²) in [7, 11) is 0. The second kappa shape index (κ2) is 6.34. The van der Waals surface area contributed by atoms with Gasteiger partial charge in [0.15, 0.2) is 0 Å². The Hall–Kier alpha value is -2.14. The molecule has 2 aromatic rings. The lowest BCUT2D eigenvalue weighted by molar-refractivity contribution is 0.00425. The third-order valence-electron chi connectivity index (χ3n) is 2.84. The van der Waals surface area contributed by atoms with Crippen molar-refractivity contribution in [2.45, 2.75) is 20.0 Å². The van der Waals surface area contributed by atoms with E-state index in [-0.39, 0.29) is 5.56 Å². The molecule has 0 unspecified atom stereocenters. The molecule has 1 atom stereocenters. The maximum absolute atomic E-state index is 12.0. The van der Waals surface area contributed by atoms with Gasteiger partial charge in [-0.1, -0.05) is 18.2 Å². The van der Waals surface area contributed by atoms with Crippen LogP contribution in [0.1, 0.15) is 24.2 Å². The first-order valence-electron chi connectivity index (χ1n) is 6.52. The Morgan fingerprint density at radius 3 is 2.85 bits per heavy atom. The van der Waals surface area contributed by atoms with Crippen LogP contribution in [0.3, 0.4) is 0 Å². The largest absolute Gasteiger partial charge is 0.456 e. The normalized spacial score (nSPS) is 12.3. The molecular weight excluding hydrogens is 258 g/mol. The number of nitrogens with one attached hydrogen (secondary N) is 1. The lowest BCUT2D eigenvalue weighted by Crippen LogP contribution is -2.25. The first-order chi connectivity index (χ1) is 9.61. The summed E-state index contributed by atoms with van der Waals surface area (Å²) < 4.78 is 10.4. The lowest BCUT2D eigenvalue weighted by Gasteiger charge is -2.12. The highest BCUT2D eigenvalue weighted by atomic mass is 16.6. The monoisotopic (exact) mass is 275 g/mol. The summed E-state index contributed by atoms with van der Waals surface area (Å²) in [6.45, 7) is 4.46. The van der Waals surface area contributed by atoms with E-state index in [1.807, 2.05) is 25.1 Å². The maximum Gasteiger partial charge on any atom is 0.344 e. The van der Waals surface area contributed by atoms with Crippen molar-refractivity contribution in [2.24, 2.45) is 0 Å². The van der Waals surface area contributed by atoms with Crippen LogP contribution >= 0.6 is 0 Å². The second-order valence-corrected chi connectivity index (χ2v) is 4.47. The number of carbonyl (C=O) groups is 1. The summed E-state index contributed by atoms with van der Waals surface area (Å²) in [5, 5.41) is 0.788. The fourth-order valence-corrected chi connectivity index (χ4v) is 1.86. The molecule has 0 saturated carbocycles. The summed E-state index contributed by atoms with van der Waals surface area (Å²) in [5.74, 6) is -0.635. The molecule has 1 aromatic carbocycles. The molecule has 0 radical (unpaired) electrons. The van der Waals surface area contributed by atoms with Gasteiger partial charge in [0, 0.05) is 12.1 Å². The van der Waals surface area contributed by atoms with Crippen LogP contribution < -0.4 is 5.56 Å². The number of H-pyrrole nitrogens is 1. The summed E-state index contributed by atoms with van der Waals surface area (Å²) in [5.41, 5.74) is 0.251. The zero-order valence-corrected chi connectivity index (χ0v) is 11.5. The zero-order valence-electron chi connectivity index (χ0n) is 11.5. The third kappa shape index (κ3) is 3.24. The molecule has 1 heterocycles. The number of ether oxygens (including phenoxy) is 2. The quantitative estimate of drug-likeness (QED) is 0.849. The van der Waals surface area contributed by atoms with E-state index in [1.54, 1.807) is 19.1 Å². The molecule has 106 valence electrons. The first kappa shape index (κ1) is 14.3. The maximum atomic E-state index is 12.0. The highest BCUT2D eigenvalue weighted by Crippen LogP contribution is 2.11. The Bertz CT molecular complexity index is 662. The molecule has 2 rings (SSSR count). The van der Waals surface area contributed by atoms with Gasteiger partial charge in [-0.25, -0.2) is 4.79 Å². The molecule has 5 nitrogen and oxygen atoms in total. The Morgan fingerprint density at radius 2 is 2.10 bits per heavy atom. The van der Waals surface area contributed by atoms with Gasteiger partial charge in [0.05, 0.1) is 6.61 Å². The van der Waals surface area contributed by atoms with Crippen LogP contribution in [0.2, 0.25) is 0 Å². The van der Waals surface area contributed by atoms with Gasteiger partial charge in [0.2, 0.25) is 0 Å². The van der Waals surface area contributed by atoms with Crippen LogP contribution in [0.5, 0.6) is 0 Å². The fraction of sp³-hybridized carbons (Fsp3) is 0.333. The standard InChI is InChI=1S/C15H17NO4/c1-3-19-9-10(2)20-15(18)12-8-11-6-4-5-7-13(11)16-14(12)17/h4-8,10H,3,9H2,1-2H3,(H,16,17)/t10-/m0/s1. The molecule has 0 bridgehead atoms. The lowest BCUT2D eigenvalue weighted by atomic mass is 10.1.